The van der Waals surface area contributed by atoms with Crippen LogP contribution in [0.15, 0.2) is 11.4 Å². The molecule has 20 heavy (non-hydrogen) atoms. The van der Waals surface area contributed by atoms with Crippen LogP contribution in [0.1, 0.15) is 6.42 Å². The summed E-state index contributed by atoms with van der Waals surface area (Å²) in [5, 5.41) is 3.51. The molecule has 0 aromatic carbocycles. The number of nitrogens with zero attached hydrogens (tertiary/aromatic N) is 6. The van der Waals surface area contributed by atoms with E-state index in [1.165, 1.54) is 11.2 Å². The Labute approximate surface area is 117 Å². The largest absolute Gasteiger partial charge is 0.341 e. The number of nitrogens with one attached hydrogen (secondary N) is 2. The van der Waals surface area contributed by atoms with Gasteiger partial charge in [0.25, 0.3) is 0 Å². The van der Waals surface area contributed by atoms with Gasteiger partial charge in [-0.1, -0.05) is 17.3 Å². The second-order valence-corrected chi connectivity index (χ2v) is 4.87. The van der Waals surface area contributed by atoms with Gasteiger partial charge in [0.2, 0.25) is 11.9 Å². The van der Waals surface area contributed by atoms with Crippen molar-refractivity contribution in [2.75, 3.05) is 18.0 Å². The maximum absolute atomic E-state index is 12.0. The number of carbonyl (C=O) groups is 1. The minimum Gasteiger partial charge on any atom is -0.341 e. The molecule has 9 nitrogen and oxygen atoms in total. The van der Waals surface area contributed by atoms with E-state index in [4.69, 9.17) is 17.7 Å². The predicted octanol–water partition coefficient (Wildman–Crippen LogP) is 1.68. The third kappa shape index (κ3) is 2.10. The molecule has 0 aliphatic carbocycles. The summed E-state index contributed by atoms with van der Waals surface area (Å²) in [4.78, 5) is 30.4. The van der Waals surface area contributed by atoms with Crippen LogP contribution < -0.4 is 4.90 Å². The summed E-state index contributed by atoms with van der Waals surface area (Å²) in [5.41, 5.74) is 9.52. The fourth-order valence-corrected chi connectivity index (χ4v) is 2.47. The Kier molecular flexibility index (Phi) is 3.09. The van der Waals surface area contributed by atoms with Crippen molar-refractivity contribution in [3.8, 4) is 0 Å². The van der Waals surface area contributed by atoms with E-state index in [2.05, 4.69) is 30.0 Å². The van der Waals surface area contributed by atoms with Crippen molar-refractivity contribution in [2.24, 2.45) is 11.0 Å². The molecule has 1 fully saturated rings. The highest BCUT2D eigenvalue weighted by molar-refractivity contribution is 7.71. The summed E-state index contributed by atoms with van der Waals surface area (Å²) in [5.74, 6) is 0.302. The molecule has 0 saturated carbocycles. The third-order valence-corrected chi connectivity index (χ3v) is 3.45. The number of aromatic nitrogens is 4. The van der Waals surface area contributed by atoms with E-state index in [-0.39, 0.29) is 11.8 Å². The molecule has 2 aromatic rings. The van der Waals surface area contributed by atoms with Crippen LogP contribution in [-0.4, -0.2) is 38.9 Å². The molecular weight excluding hydrogens is 280 g/mol. The molecule has 10 heteroatoms. The number of hydrogen-bond acceptors (Lipinski definition) is 5. The molecule has 2 aromatic heterocycles. The zero-order chi connectivity index (χ0) is 14.1. The van der Waals surface area contributed by atoms with Gasteiger partial charge in [-0.25, -0.2) is 9.97 Å². The van der Waals surface area contributed by atoms with E-state index in [9.17, 15) is 4.79 Å². The van der Waals surface area contributed by atoms with Gasteiger partial charge in [0, 0.05) is 24.4 Å². The van der Waals surface area contributed by atoms with Gasteiger partial charge in [-0.2, -0.15) is 0 Å². The van der Waals surface area contributed by atoms with Crippen molar-refractivity contribution < 1.29 is 4.79 Å². The smallest absolute Gasteiger partial charge is 0.229 e. The minimum atomic E-state index is -0.0730. The number of imidazole rings is 1. The second kappa shape index (κ2) is 4.91. The summed E-state index contributed by atoms with van der Waals surface area (Å²) in [6.45, 7) is 0.746. The number of carbonyl (C=O) groups excluding carboxylic acids is 1. The third-order valence-electron chi connectivity index (χ3n) is 3.15. The summed E-state index contributed by atoms with van der Waals surface area (Å²) in [6.07, 6.45) is 1.85. The standard InChI is InChI=1S/C10H10N8OS/c11-17-14-2-5-1-6(19)18(3-5)10-15-8-7(9(20)16-10)12-4-13-8/h4-5H,1-3H2,(H2,12,13,15,16,20). The van der Waals surface area contributed by atoms with E-state index >= 15 is 0 Å². The quantitative estimate of drug-likeness (QED) is 0.386. The molecule has 2 N–H and O–H groups in total. The number of H-pyrrole nitrogens is 2. The Morgan fingerprint density at radius 3 is 3.30 bits per heavy atom. The van der Waals surface area contributed by atoms with Crippen LogP contribution in [0.5, 0.6) is 0 Å². The highest BCUT2D eigenvalue weighted by Gasteiger charge is 2.31. The molecule has 1 amide bonds. The fraction of sp³-hybridized carbons (Fsp3) is 0.400. The van der Waals surface area contributed by atoms with E-state index in [0.29, 0.717) is 41.3 Å². The Morgan fingerprint density at radius 2 is 2.50 bits per heavy atom. The van der Waals surface area contributed by atoms with Crippen molar-refractivity contribution in [3.05, 3.63) is 21.4 Å². The molecule has 0 bridgehead atoms. The van der Waals surface area contributed by atoms with Crippen molar-refractivity contribution >= 4 is 35.2 Å². The molecule has 1 aliphatic rings. The first kappa shape index (κ1) is 12.6. The maximum atomic E-state index is 12.0. The molecule has 0 spiro atoms. The maximum Gasteiger partial charge on any atom is 0.229 e. The molecule has 3 heterocycles. The molecule has 1 atom stereocenters. The molecule has 3 rings (SSSR count). The Hall–Kier alpha value is -2.45. The number of rotatable bonds is 3. The van der Waals surface area contributed by atoms with Gasteiger partial charge in [-0.3, -0.25) is 9.69 Å². The summed E-state index contributed by atoms with van der Waals surface area (Å²) in [6, 6.07) is 0. The first-order valence-corrected chi connectivity index (χ1v) is 6.34. The van der Waals surface area contributed by atoms with Crippen LogP contribution in [0, 0.1) is 10.6 Å². The predicted molar refractivity (Wildman–Crippen MR) is 73.5 cm³/mol. The van der Waals surface area contributed by atoms with Gasteiger partial charge < -0.3 is 9.97 Å². The van der Waals surface area contributed by atoms with Gasteiger partial charge in [-0.15, -0.1) is 0 Å². The first-order chi connectivity index (χ1) is 9.69. The van der Waals surface area contributed by atoms with Crippen LogP contribution in [0.2, 0.25) is 0 Å². The lowest BCUT2D eigenvalue weighted by Crippen LogP contribution is -2.27. The molecule has 1 saturated heterocycles. The van der Waals surface area contributed by atoms with Crippen molar-refractivity contribution in [1.29, 1.82) is 0 Å². The summed E-state index contributed by atoms with van der Waals surface area (Å²) in [7, 11) is 0. The van der Waals surface area contributed by atoms with Gasteiger partial charge in [0.05, 0.1) is 6.33 Å². The van der Waals surface area contributed by atoms with Crippen LogP contribution in [0.4, 0.5) is 5.95 Å². The second-order valence-electron chi connectivity index (χ2n) is 4.48. The molecule has 0 radical (unpaired) electrons. The average Bonchev–Trinajstić information content (AvgIpc) is 3.02. The molecular formula is C10H10N8OS. The first-order valence-electron chi connectivity index (χ1n) is 5.93. The SMILES string of the molecule is [N-]=[N+]=NCC1CC(=O)N(c2nc(=S)c3[nH]cnc3[nH]2)C1. The lowest BCUT2D eigenvalue weighted by Gasteiger charge is -2.14. The Bertz CT molecular complexity index is 773. The van der Waals surface area contributed by atoms with E-state index in [0.717, 1.165) is 0 Å². The number of amides is 1. The normalized spacial score (nSPS) is 18.5. The highest BCUT2D eigenvalue weighted by atomic mass is 32.1. The number of hydrogen-bond donors (Lipinski definition) is 2. The van der Waals surface area contributed by atoms with Gasteiger partial charge >= 0.3 is 0 Å². The monoisotopic (exact) mass is 290 g/mol. The number of azide groups is 1. The van der Waals surface area contributed by atoms with Crippen LogP contribution in [-0.2, 0) is 4.79 Å². The average molecular weight is 290 g/mol. The fourth-order valence-electron chi connectivity index (χ4n) is 2.23. The van der Waals surface area contributed by atoms with Gasteiger partial charge in [0.1, 0.15) is 5.52 Å². The van der Waals surface area contributed by atoms with Crippen molar-refractivity contribution in [1.82, 2.24) is 19.9 Å². The lowest BCUT2D eigenvalue weighted by molar-refractivity contribution is -0.117. The minimum absolute atomic E-state index is 0.00273. The van der Waals surface area contributed by atoms with Crippen LogP contribution in [0.3, 0.4) is 0 Å². The number of aromatic amines is 2. The van der Waals surface area contributed by atoms with Crippen LogP contribution >= 0.6 is 12.2 Å². The van der Waals surface area contributed by atoms with E-state index in [1.54, 1.807) is 0 Å². The Morgan fingerprint density at radius 1 is 1.65 bits per heavy atom. The number of fused-ring (bicyclic) bond motifs is 1. The van der Waals surface area contributed by atoms with E-state index < -0.39 is 0 Å². The summed E-state index contributed by atoms with van der Waals surface area (Å²) < 4.78 is 0.359. The van der Waals surface area contributed by atoms with Crippen molar-refractivity contribution in [3.63, 3.8) is 0 Å². The number of anilines is 1. The molecule has 1 unspecified atom stereocenters. The topological polar surface area (TPSA) is 126 Å². The highest BCUT2D eigenvalue weighted by Crippen LogP contribution is 2.23. The van der Waals surface area contributed by atoms with Crippen LogP contribution in [0.25, 0.3) is 21.6 Å². The lowest BCUT2D eigenvalue weighted by atomic mass is 10.1. The summed E-state index contributed by atoms with van der Waals surface area (Å²) >= 11 is 5.16. The van der Waals surface area contributed by atoms with Gasteiger partial charge in [-0.05, 0) is 11.4 Å². The van der Waals surface area contributed by atoms with Gasteiger partial charge in [0.15, 0.2) is 10.3 Å². The zero-order valence-corrected chi connectivity index (χ0v) is 11.1. The Balaban J connectivity index is 1.93. The molecule has 1 aliphatic heterocycles. The molecule has 102 valence electrons. The zero-order valence-electron chi connectivity index (χ0n) is 10.3. The van der Waals surface area contributed by atoms with E-state index in [1.807, 2.05) is 0 Å². The van der Waals surface area contributed by atoms with Crippen molar-refractivity contribution in [2.45, 2.75) is 6.42 Å².